The molecule has 1 aromatic rings. The normalized spacial score (nSPS) is 9.53. The number of benzene rings is 1. The van der Waals surface area contributed by atoms with E-state index in [1.165, 1.54) is 19.3 Å². The van der Waals surface area contributed by atoms with Crippen molar-refractivity contribution in [2.45, 2.75) is 39.5 Å². The van der Waals surface area contributed by atoms with E-state index in [4.69, 9.17) is 11.6 Å². The lowest BCUT2D eigenvalue weighted by molar-refractivity contribution is 0.737. The van der Waals surface area contributed by atoms with E-state index >= 15 is 0 Å². The minimum absolute atomic E-state index is 0.782. The number of hydrogen-bond acceptors (Lipinski definition) is 0. The van der Waals surface area contributed by atoms with E-state index in [9.17, 15) is 0 Å². The van der Waals surface area contributed by atoms with Gasteiger partial charge in [-0.15, -0.1) is 0 Å². The van der Waals surface area contributed by atoms with Crippen LogP contribution in [0.3, 0.4) is 0 Å². The van der Waals surface area contributed by atoms with Crippen LogP contribution in [0.2, 0.25) is 5.02 Å². The van der Waals surface area contributed by atoms with Gasteiger partial charge in [0.05, 0.1) is 0 Å². The minimum atomic E-state index is 0.782. The largest absolute Gasteiger partial charge is 0.0979 e. The van der Waals surface area contributed by atoms with Crippen molar-refractivity contribution in [3.05, 3.63) is 34.3 Å². The first-order valence-electron chi connectivity index (χ1n) is 5.49. The average molecular weight is 221 g/mol. The molecule has 0 heterocycles. The van der Waals surface area contributed by atoms with Crippen LogP contribution < -0.4 is 0 Å². The Kier molecular flexibility index (Phi) is 5.29. The third-order valence-corrected chi connectivity index (χ3v) is 2.55. The van der Waals surface area contributed by atoms with Crippen molar-refractivity contribution in [3.8, 4) is 11.8 Å². The quantitative estimate of drug-likeness (QED) is 0.517. The van der Waals surface area contributed by atoms with Gasteiger partial charge in [0.2, 0.25) is 0 Å². The van der Waals surface area contributed by atoms with Gasteiger partial charge in [0, 0.05) is 17.0 Å². The van der Waals surface area contributed by atoms with Crippen molar-refractivity contribution in [3.63, 3.8) is 0 Å². The van der Waals surface area contributed by atoms with Gasteiger partial charge in [0.25, 0.3) is 0 Å². The summed E-state index contributed by atoms with van der Waals surface area (Å²) in [5.41, 5.74) is 2.25. The Labute approximate surface area is 97.7 Å². The molecule has 1 rings (SSSR count). The molecule has 0 aliphatic heterocycles. The van der Waals surface area contributed by atoms with Gasteiger partial charge in [0.15, 0.2) is 0 Å². The summed E-state index contributed by atoms with van der Waals surface area (Å²) in [4.78, 5) is 0. The van der Waals surface area contributed by atoms with Gasteiger partial charge in [-0.1, -0.05) is 43.2 Å². The molecule has 15 heavy (non-hydrogen) atoms. The first kappa shape index (κ1) is 12.1. The summed E-state index contributed by atoms with van der Waals surface area (Å²) in [6, 6.07) is 5.84. The molecule has 0 aliphatic rings. The molecule has 0 bridgehead atoms. The van der Waals surface area contributed by atoms with E-state index in [1.54, 1.807) is 0 Å². The van der Waals surface area contributed by atoms with E-state index in [1.807, 2.05) is 25.1 Å². The molecule has 0 aromatic heterocycles. The predicted molar refractivity (Wildman–Crippen MR) is 67.2 cm³/mol. The smallest absolute Gasteiger partial charge is 0.0409 e. The fourth-order valence-corrected chi connectivity index (χ4v) is 1.62. The molecular weight excluding hydrogens is 204 g/mol. The maximum absolute atomic E-state index is 5.87. The fourth-order valence-electron chi connectivity index (χ4n) is 1.39. The first-order valence-corrected chi connectivity index (χ1v) is 5.87. The second-order valence-electron chi connectivity index (χ2n) is 3.72. The summed E-state index contributed by atoms with van der Waals surface area (Å²) in [6.07, 6.45) is 4.72. The Bertz CT molecular complexity index is 369. The molecular formula is C14H17Cl. The second-order valence-corrected chi connectivity index (χ2v) is 4.15. The molecule has 0 radical (unpaired) electrons. The molecule has 0 unspecified atom stereocenters. The number of halogens is 1. The van der Waals surface area contributed by atoms with Gasteiger partial charge in [-0.05, 0) is 37.1 Å². The monoisotopic (exact) mass is 220 g/mol. The molecule has 0 atom stereocenters. The average Bonchev–Trinajstić information content (AvgIpc) is 2.20. The highest BCUT2D eigenvalue weighted by Crippen LogP contribution is 2.14. The van der Waals surface area contributed by atoms with Crippen molar-refractivity contribution in [2.24, 2.45) is 0 Å². The molecule has 1 aromatic carbocycles. The Hall–Kier alpha value is -0.930. The zero-order valence-corrected chi connectivity index (χ0v) is 10.2. The van der Waals surface area contributed by atoms with Crippen LogP contribution in [0.5, 0.6) is 0 Å². The van der Waals surface area contributed by atoms with Gasteiger partial charge in [-0.25, -0.2) is 0 Å². The van der Waals surface area contributed by atoms with Crippen molar-refractivity contribution < 1.29 is 0 Å². The zero-order chi connectivity index (χ0) is 11.1. The number of aryl methyl sites for hydroxylation is 1. The van der Waals surface area contributed by atoms with Crippen LogP contribution in [0.15, 0.2) is 18.2 Å². The fraction of sp³-hybridized carbons (Fsp3) is 0.429. The molecule has 0 amide bonds. The minimum Gasteiger partial charge on any atom is -0.0979 e. The van der Waals surface area contributed by atoms with Crippen molar-refractivity contribution in [2.75, 3.05) is 0 Å². The van der Waals surface area contributed by atoms with Gasteiger partial charge < -0.3 is 0 Å². The van der Waals surface area contributed by atoms with Crippen LogP contribution in [0.25, 0.3) is 0 Å². The summed E-state index contributed by atoms with van der Waals surface area (Å²) in [7, 11) is 0. The predicted octanol–water partition coefficient (Wildman–Crippen LogP) is 4.58. The summed E-state index contributed by atoms with van der Waals surface area (Å²) in [6.45, 7) is 4.25. The highest BCUT2D eigenvalue weighted by Gasteiger charge is 1.94. The van der Waals surface area contributed by atoms with Crippen LogP contribution >= 0.6 is 11.6 Å². The third kappa shape index (κ3) is 4.40. The molecule has 80 valence electrons. The van der Waals surface area contributed by atoms with Crippen LogP contribution in [0, 0.1) is 18.8 Å². The van der Waals surface area contributed by atoms with E-state index in [0.29, 0.717) is 0 Å². The zero-order valence-electron chi connectivity index (χ0n) is 9.44. The maximum Gasteiger partial charge on any atom is 0.0409 e. The Morgan fingerprint density at radius 2 is 2.07 bits per heavy atom. The number of unbranched alkanes of at least 4 members (excludes halogenated alkanes) is 3. The lowest BCUT2D eigenvalue weighted by atomic mass is 10.1. The summed E-state index contributed by atoms with van der Waals surface area (Å²) in [5.74, 6) is 6.39. The topological polar surface area (TPSA) is 0 Å². The maximum atomic E-state index is 5.87. The summed E-state index contributed by atoms with van der Waals surface area (Å²) < 4.78 is 0. The van der Waals surface area contributed by atoms with Crippen molar-refractivity contribution in [1.82, 2.24) is 0 Å². The van der Waals surface area contributed by atoms with E-state index in [2.05, 4.69) is 18.8 Å². The molecule has 0 fully saturated rings. The lowest BCUT2D eigenvalue weighted by Crippen LogP contribution is -1.81. The van der Waals surface area contributed by atoms with Crippen molar-refractivity contribution in [1.29, 1.82) is 0 Å². The third-order valence-electron chi connectivity index (χ3n) is 2.32. The van der Waals surface area contributed by atoms with Crippen LogP contribution in [-0.2, 0) is 0 Å². The van der Waals surface area contributed by atoms with E-state index in [0.717, 1.165) is 22.6 Å². The first-order chi connectivity index (χ1) is 7.24. The molecule has 1 heteroatoms. The molecule has 0 aliphatic carbocycles. The Morgan fingerprint density at radius 3 is 2.73 bits per heavy atom. The van der Waals surface area contributed by atoms with Gasteiger partial charge in [-0.3, -0.25) is 0 Å². The molecule has 0 N–H and O–H groups in total. The van der Waals surface area contributed by atoms with Gasteiger partial charge in [-0.2, -0.15) is 0 Å². The Morgan fingerprint density at radius 1 is 1.27 bits per heavy atom. The highest BCUT2D eigenvalue weighted by atomic mass is 35.5. The van der Waals surface area contributed by atoms with Gasteiger partial charge in [0.1, 0.15) is 0 Å². The van der Waals surface area contributed by atoms with E-state index in [-0.39, 0.29) is 0 Å². The SMILES string of the molecule is CCCCCC#Cc1ccc(Cl)cc1C. The van der Waals surface area contributed by atoms with Crippen LogP contribution in [-0.4, -0.2) is 0 Å². The molecule has 0 saturated carbocycles. The molecule has 0 nitrogen and oxygen atoms in total. The standard InChI is InChI=1S/C14H17Cl/c1-3-4-5-6-7-8-13-9-10-14(15)11-12(13)2/h9-11H,3-6H2,1-2H3. The molecule has 0 saturated heterocycles. The summed E-state index contributed by atoms with van der Waals surface area (Å²) in [5, 5.41) is 0.782. The Balaban J connectivity index is 2.56. The van der Waals surface area contributed by atoms with Crippen molar-refractivity contribution >= 4 is 11.6 Å². The lowest BCUT2D eigenvalue weighted by Gasteiger charge is -1.97. The highest BCUT2D eigenvalue weighted by molar-refractivity contribution is 6.30. The number of hydrogen-bond donors (Lipinski definition) is 0. The summed E-state index contributed by atoms with van der Waals surface area (Å²) >= 11 is 5.87. The van der Waals surface area contributed by atoms with Crippen LogP contribution in [0.4, 0.5) is 0 Å². The number of rotatable bonds is 3. The van der Waals surface area contributed by atoms with E-state index < -0.39 is 0 Å². The molecule has 0 spiro atoms. The second kappa shape index (κ2) is 6.53. The van der Waals surface area contributed by atoms with Gasteiger partial charge >= 0.3 is 0 Å². The van der Waals surface area contributed by atoms with Crippen LogP contribution in [0.1, 0.15) is 43.7 Å².